The lowest BCUT2D eigenvalue weighted by Crippen LogP contribution is -2.32. The minimum absolute atomic E-state index is 0.294. The smallest absolute Gasteiger partial charge is 0.147 e. The van der Waals surface area contributed by atoms with Gasteiger partial charge in [0.05, 0.1) is 17.8 Å². The van der Waals surface area contributed by atoms with Crippen molar-refractivity contribution >= 4 is 5.82 Å². The predicted octanol–water partition coefficient (Wildman–Crippen LogP) is 3.82. The van der Waals surface area contributed by atoms with E-state index >= 15 is 0 Å². The number of nitrogens with zero attached hydrogens (tertiary/aromatic N) is 3. The highest BCUT2D eigenvalue weighted by Crippen LogP contribution is 2.29. The molecular formula is C24H33N5O. The van der Waals surface area contributed by atoms with Crippen LogP contribution in [0.2, 0.25) is 0 Å². The molecule has 1 saturated carbocycles. The molecule has 0 spiro atoms. The second-order valence-electron chi connectivity index (χ2n) is 8.89. The third-order valence-electron chi connectivity index (χ3n) is 6.68. The zero-order valence-electron chi connectivity index (χ0n) is 18.0. The maximum Gasteiger partial charge on any atom is 0.147 e. The van der Waals surface area contributed by atoms with Crippen molar-refractivity contribution in [2.45, 2.75) is 70.2 Å². The number of rotatable bonds is 6. The summed E-state index contributed by atoms with van der Waals surface area (Å²) in [6.45, 7) is 3.89. The Hall–Kier alpha value is -2.18. The molecule has 1 aromatic carbocycles. The van der Waals surface area contributed by atoms with Gasteiger partial charge in [0, 0.05) is 32.2 Å². The van der Waals surface area contributed by atoms with Crippen LogP contribution in [-0.2, 0) is 19.5 Å². The van der Waals surface area contributed by atoms with E-state index in [1.807, 2.05) is 7.05 Å². The zero-order chi connectivity index (χ0) is 20.3. The summed E-state index contributed by atoms with van der Waals surface area (Å²) in [5.74, 6) is 2.98. The predicted molar refractivity (Wildman–Crippen MR) is 119 cm³/mol. The van der Waals surface area contributed by atoms with E-state index in [-0.39, 0.29) is 0 Å². The number of ether oxygens (including phenoxy) is 1. The molecule has 2 aromatic rings. The first-order chi connectivity index (χ1) is 14.8. The molecule has 0 bridgehead atoms. The Morgan fingerprint density at radius 1 is 1.17 bits per heavy atom. The van der Waals surface area contributed by atoms with Crippen molar-refractivity contribution in [1.29, 1.82) is 0 Å². The lowest BCUT2D eigenvalue weighted by Gasteiger charge is -2.30. The van der Waals surface area contributed by atoms with Crippen molar-refractivity contribution < 1.29 is 4.74 Å². The largest absolute Gasteiger partial charge is 0.490 e. The van der Waals surface area contributed by atoms with Crippen LogP contribution < -0.4 is 15.4 Å². The number of aromatic nitrogens is 2. The first kappa shape index (κ1) is 19.8. The summed E-state index contributed by atoms with van der Waals surface area (Å²) in [5.41, 5.74) is 3.78. The van der Waals surface area contributed by atoms with Gasteiger partial charge in [0.25, 0.3) is 0 Å². The van der Waals surface area contributed by atoms with Gasteiger partial charge in [-0.05, 0) is 69.2 Å². The molecule has 6 nitrogen and oxygen atoms in total. The molecule has 6 heteroatoms. The van der Waals surface area contributed by atoms with Crippen LogP contribution in [0.4, 0.5) is 5.82 Å². The minimum Gasteiger partial charge on any atom is -0.490 e. The molecule has 2 N–H and O–H groups in total. The standard InChI is InChI=1S/C24H33N5O/c1-25-23-20-11-13-29(16-22(20)27-24(28-23)21-10-5-12-26-21)15-17-6-4-9-19(14-17)30-18-7-2-3-8-18/h4,6,9,14,18,21,26H,2-3,5,7-8,10-13,15-16H2,1H3,(H,25,27,28)/t21-/m1/s1. The van der Waals surface area contributed by atoms with Crippen LogP contribution >= 0.6 is 0 Å². The van der Waals surface area contributed by atoms with Crippen molar-refractivity contribution in [3.63, 3.8) is 0 Å². The van der Waals surface area contributed by atoms with E-state index in [0.717, 1.165) is 56.4 Å². The van der Waals surface area contributed by atoms with Crippen molar-refractivity contribution in [2.75, 3.05) is 25.5 Å². The molecule has 0 radical (unpaired) electrons. The van der Waals surface area contributed by atoms with Crippen LogP contribution in [0.3, 0.4) is 0 Å². The summed E-state index contributed by atoms with van der Waals surface area (Å²) < 4.78 is 6.21. The van der Waals surface area contributed by atoms with Crippen LogP contribution in [0.1, 0.15) is 67.2 Å². The van der Waals surface area contributed by atoms with E-state index in [2.05, 4.69) is 39.8 Å². The number of fused-ring (bicyclic) bond motifs is 1. The van der Waals surface area contributed by atoms with Crippen molar-refractivity contribution in [2.24, 2.45) is 0 Å². The topological polar surface area (TPSA) is 62.3 Å². The number of benzene rings is 1. The zero-order valence-corrected chi connectivity index (χ0v) is 18.0. The molecule has 1 atom stereocenters. The molecule has 3 aliphatic rings. The number of hydrogen-bond donors (Lipinski definition) is 2. The lowest BCUT2D eigenvalue weighted by atomic mass is 10.0. The summed E-state index contributed by atoms with van der Waals surface area (Å²) in [4.78, 5) is 12.3. The average molecular weight is 408 g/mol. The van der Waals surface area contributed by atoms with Gasteiger partial charge in [-0.3, -0.25) is 4.90 Å². The maximum absolute atomic E-state index is 6.21. The number of nitrogens with one attached hydrogen (secondary N) is 2. The molecule has 2 fully saturated rings. The molecule has 1 aliphatic carbocycles. The second kappa shape index (κ2) is 8.90. The van der Waals surface area contributed by atoms with Crippen LogP contribution in [-0.4, -0.2) is 41.1 Å². The van der Waals surface area contributed by atoms with Gasteiger partial charge in [0.1, 0.15) is 17.4 Å². The van der Waals surface area contributed by atoms with E-state index in [9.17, 15) is 0 Å². The van der Waals surface area contributed by atoms with Gasteiger partial charge >= 0.3 is 0 Å². The van der Waals surface area contributed by atoms with Gasteiger partial charge in [0.15, 0.2) is 0 Å². The van der Waals surface area contributed by atoms with Crippen LogP contribution in [0.25, 0.3) is 0 Å². The normalized spacial score (nSPS) is 22.2. The highest BCUT2D eigenvalue weighted by Gasteiger charge is 2.26. The van der Waals surface area contributed by atoms with Crippen LogP contribution in [0.5, 0.6) is 5.75 Å². The highest BCUT2D eigenvalue weighted by molar-refractivity contribution is 5.47. The number of hydrogen-bond acceptors (Lipinski definition) is 6. The molecule has 0 unspecified atom stereocenters. The van der Waals surface area contributed by atoms with E-state index in [0.29, 0.717) is 12.1 Å². The van der Waals surface area contributed by atoms with E-state index in [1.165, 1.54) is 48.9 Å². The monoisotopic (exact) mass is 407 g/mol. The Morgan fingerprint density at radius 3 is 2.87 bits per heavy atom. The van der Waals surface area contributed by atoms with Crippen molar-refractivity contribution in [3.8, 4) is 5.75 Å². The van der Waals surface area contributed by atoms with Gasteiger partial charge < -0.3 is 15.4 Å². The Morgan fingerprint density at radius 2 is 2.07 bits per heavy atom. The Bertz CT molecular complexity index is 874. The van der Waals surface area contributed by atoms with E-state index in [4.69, 9.17) is 14.7 Å². The fourth-order valence-electron chi connectivity index (χ4n) is 5.08. The van der Waals surface area contributed by atoms with Crippen LogP contribution in [0.15, 0.2) is 24.3 Å². The molecule has 2 aliphatic heterocycles. The molecule has 30 heavy (non-hydrogen) atoms. The minimum atomic E-state index is 0.294. The maximum atomic E-state index is 6.21. The lowest BCUT2D eigenvalue weighted by molar-refractivity contribution is 0.208. The fraction of sp³-hybridized carbons (Fsp3) is 0.583. The summed E-state index contributed by atoms with van der Waals surface area (Å²) in [6.07, 6.45) is 8.70. The van der Waals surface area contributed by atoms with E-state index < -0.39 is 0 Å². The molecule has 1 saturated heterocycles. The van der Waals surface area contributed by atoms with Gasteiger partial charge in [0.2, 0.25) is 0 Å². The SMILES string of the molecule is CNc1nc([C@H]2CCCN2)nc2c1CCN(Cc1cccc(OC3CCCC3)c1)C2. The Kier molecular flexibility index (Phi) is 5.86. The Labute approximate surface area is 179 Å². The third-order valence-corrected chi connectivity index (χ3v) is 6.68. The highest BCUT2D eigenvalue weighted by atomic mass is 16.5. The van der Waals surface area contributed by atoms with Gasteiger partial charge in [-0.1, -0.05) is 12.1 Å². The van der Waals surface area contributed by atoms with E-state index in [1.54, 1.807) is 0 Å². The summed E-state index contributed by atoms with van der Waals surface area (Å²) >= 11 is 0. The van der Waals surface area contributed by atoms with Gasteiger partial charge in [-0.15, -0.1) is 0 Å². The molecule has 5 rings (SSSR count). The summed E-state index contributed by atoms with van der Waals surface area (Å²) in [7, 11) is 1.97. The number of anilines is 1. The molecular weight excluding hydrogens is 374 g/mol. The molecule has 0 amide bonds. The van der Waals surface area contributed by atoms with Crippen LogP contribution in [0, 0.1) is 0 Å². The molecule has 1 aromatic heterocycles. The van der Waals surface area contributed by atoms with Crippen molar-refractivity contribution in [3.05, 3.63) is 46.9 Å². The Balaban J connectivity index is 1.30. The second-order valence-corrected chi connectivity index (χ2v) is 8.89. The summed E-state index contributed by atoms with van der Waals surface area (Å²) in [5, 5.41) is 6.85. The van der Waals surface area contributed by atoms with Gasteiger partial charge in [-0.2, -0.15) is 0 Å². The molecule has 3 heterocycles. The van der Waals surface area contributed by atoms with Crippen molar-refractivity contribution in [1.82, 2.24) is 20.2 Å². The summed E-state index contributed by atoms with van der Waals surface area (Å²) in [6, 6.07) is 8.95. The van der Waals surface area contributed by atoms with Gasteiger partial charge in [-0.25, -0.2) is 9.97 Å². The third kappa shape index (κ3) is 4.30. The fourth-order valence-corrected chi connectivity index (χ4v) is 5.08. The average Bonchev–Trinajstić information content (AvgIpc) is 3.47. The molecule has 160 valence electrons. The first-order valence-electron chi connectivity index (χ1n) is 11.6. The quantitative estimate of drug-likeness (QED) is 0.759. The first-order valence-corrected chi connectivity index (χ1v) is 11.6.